The van der Waals surface area contributed by atoms with Gasteiger partial charge in [-0.2, -0.15) is 0 Å². The van der Waals surface area contributed by atoms with Gasteiger partial charge in [-0.15, -0.1) is 0 Å². The molecule has 0 spiro atoms. The van der Waals surface area contributed by atoms with Crippen LogP contribution in [0.4, 0.5) is 0 Å². The molecule has 1 atom stereocenters. The Morgan fingerprint density at radius 1 is 1.00 bits per heavy atom. The summed E-state index contributed by atoms with van der Waals surface area (Å²) in [7, 11) is 0. The van der Waals surface area contributed by atoms with Gasteiger partial charge in [0.1, 0.15) is 0 Å². The van der Waals surface area contributed by atoms with Crippen LogP contribution in [0.2, 0.25) is 0 Å². The lowest BCUT2D eigenvalue weighted by molar-refractivity contribution is 0.0333. The molecule has 0 aliphatic rings. The molecule has 0 aromatic rings. The second kappa shape index (κ2) is 12.0. The minimum Gasteiger partial charge on any atom is -0.394 e. The van der Waals surface area contributed by atoms with Crippen LogP contribution in [-0.4, -0.2) is 24.4 Å². The molecule has 0 aliphatic heterocycles. The molecule has 15 heavy (non-hydrogen) atoms. The van der Waals surface area contributed by atoms with Gasteiger partial charge >= 0.3 is 0 Å². The highest BCUT2D eigenvalue weighted by Gasteiger charge is 2.00. The summed E-state index contributed by atoms with van der Waals surface area (Å²) in [4.78, 5) is 0. The lowest BCUT2D eigenvalue weighted by Crippen LogP contribution is -2.11. The van der Waals surface area contributed by atoms with Crippen molar-refractivity contribution in [3.8, 4) is 0 Å². The van der Waals surface area contributed by atoms with E-state index in [-0.39, 0.29) is 6.61 Å². The molecule has 0 bridgehead atoms. The van der Waals surface area contributed by atoms with Crippen LogP contribution in [0.3, 0.4) is 0 Å². The average molecular weight is 216 g/mol. The van der Waals surface area contributed by atoms with Crippen LogP contribution in [0, 0.1) is 0 Å². The Kier molecular flexibility index (Phi) is 11.9. The van der Waals surface area contributed by atoms with E-state index < -0.39 is 0 Å². The monoisotopic (exact) mass is 216 g/mol. The normalized spacial score (nSPS) is 13.0. The lowest BCUT2D eigenvalue weighted by atomic mass is 10.1. The van der Waals surface area contributed by atoms with Crippen LogP contribution in [0.25, 0.3) is 0 Å². The third-order valence-corrected chi connectivity index (χ3v) is 2.71. The van der Waals surface area contributed by atoms with E-state index in [0.29, 0.717) is 12.7 Å². The lowest BCUT2D eigenvalue weighted by Gasteiger charge is -2.11. The summed E-state index contributed by atoms with van der Waals surface area (Å²) >= 11 is 0. The van der Waals surface area contributed by atoms with Crippen LogP contribution in [-0.2, 0) is 4.74 Å². The zero-order valence-electron chi connectivity index (χ0n) is 10.5. The molecule has 0 saturated heterocycles. The molecule has 2 heteroatoms. The number of rotatable bonds is 11. The maximum atomic E-state index is 8.58. The summed E-state index contributed by atoms with van der Waals surface area (Å²) < 4.78 is 5.39. The molecule has 0 saturated carbocycles. The maximum absolute atomic E-state index is 8.58. The molecular formula is C13H28O2. The third kappa shape index (κ3) is 11.8. The minimum absolute atomic E-state index is 0.140. The molecule has 0 aliphatic carbocycles. The Bertz CT molecular complexity index is 115. The van der Waals surface area contributed by atoms with Crippen molar-refractivity contribution in [2.75, 3.05) is 13.2 Å². The SMILES string of the molecule is CCCCCCCCCC(C)OCCO. The molecule has 1 N–H and O–H groups in total. The second-order valence-corrected chi connectivity index (χ2v) is 4.32. The van der Waals surface area contributed by atoms with Gasteiger partial charge in [0.15, 0.2) is 0 Å². The highest BCUT2D eigenvalue weighted by atomic mass is 16.5. The number of ether oxygens (including phenoxy) is 1. The summed E-state index contributed by atoms with van der Waals surface area (Å²) in [5.74, 6) is 0. The average Bonchev–Trinajstić information content (AvgIpc) is 2.25. The Morgan fingerprint density at radius 3 is 2.20 bits per heavy atom. The fourth-order valence-corrected chi connectivity index (χ4v) is 1.73. The topological polar surface area (TPSA) is 29.5 Å². The van der Waals surface area contributed by atoms with Crippen molar-refractivity contribution in [2.24, 2.45) is 0 Å². The Hall–Kier alpha value is -0.0800. The van der Waals surface area contributed by atoms with Crippen molar-refractivity contribution in [3.63, 3.8) is 0 Å². The molecule has 92 valence electrons. The van der Waals surface area contributed by atoms with E-state index in [1.165, 1.54) is 44.9 Å². The first-order chi connectivity index (χ1) is 7.31. The first kappa shape index (κ1) is 14.9. The number of aliphatic hydroxyl groups excluding tert-OH is 1. The highest BCUT2D eigenvalue weighted by Crippen LogP contribution is 2.10. The minimum atomic E-state index is 0.140. The van der Waals surface area contributed by atoms with Crippen molar-refractivity contribution >= 4 is 0 Å². The van der Waals surface area contributed by atoms with E-state index in [4.69, 9.17) is 9.84 Å². The molecule has 0 amide bonds. The van der Waals surface area contributed by atoms with Gasteiger partial charge in [-0.25, -0.2) is 0 Å². The number of hydrogen-bond acceptors (Lipinski definition) is 2. The quantitative estimate of drug-likeness (QED) is 0.535. The molecule has 0 fully saturated rings. The molecular weight excluding hydrogens is 188 g/mol. The third-order valence-electron chi connectivity index (χ3n) is 2.71. The van der Waals surface area contributed by atoms with Crippen LogP contribution in [0.15, 0.2) is 0 Å². The van der Waals surface area contributed by atoms with E-state index >= 15 is 0 Å². The first-order valence-corrected chi connectivity index (χ1v) is 6.53. The van der Waals surface area contributed by atoms with Gasteiger partial charge in [-0.3, -0.25) is 0 Å². The predicted molar refractivity (Wildman–Crippen MR) is 65.1 cm³/mol. The maximum Gasteiger partial charge on any atom is 0.0701 e. The summed E-state index contributed by atoms with van der Waals surface area (Å²) in [6, 6.07) is 0. The van der Waals surface area contributed by atoms with Gasteiger partial charge in [0, 0.05) is 0 Å². The zero-order valence-corrected chi connectivity index (χ0v) is 10.5. The highest BCUT2D eigenvalue weighted by molar-refractivity contribution is 4.52. The van der Waals surface area contributed by atoms with Gasteiger partial charge in [0.05, 0.1) is 19.3 Å². The second-order valence-electron chi connectivity index (χ2n) is 4.32. The van der Waals surface area contributed by atoms with E-state index in [1.807, 2.05) is 0 Å². The Labute approximate surface area is 95.0 Å². The van der Waals surface area contributed by atoms with Crippen LogP contribution in [0.1, 0.15) is 65.2 Å². The van der Waals surface area contributed by atoms with Gasteiger partial charge in [-0.1, -0.05) is 51.9 Å². The van der Waals surface area contributed by atoms with Crippen molar-refractivity contribution < 1.29 is 9.84 Å². The standard InChI is InChI=1S/C13H28O2/c1-3-4-5-6-7-8-9-10-13(2)15-12-11-14/h13-14H,3-12H2,1-2H3. The Morgan fingerprint density at radius 2 is 1.60 bits per heavy atom. The molecule has 1 unspecified atom stereocenters. The van der Waals surface area contributed by atoms with Gasteiger partial charge in [0.2, 0.25) is 0 Å². The van der Waals surface area contributed by atoms with E-state index in [2.05, 4.69) is 13.8 Å². The number of aliphatic hydroxyl groups is 1. The van der Waals surface area contributed by atoms with Crippen molar-refractivity contribution in [3.05, 3.63) is 0 Å². The molecule has 2 nitrogen and oxygen atoms in total. The molecule has 0 radical (unpaired) electrons. The molecule has 0 aromatic carbocycles. The first-order valence-electron chi connectivity index (χ1n) is 6.53. The van der Waals surface area contributed by atoms with Crippen molar-refractivity contribution in [1.29, 1.82) is 0 Å². The fraction of sp³-hybridized carbons (Fsp3) is 1.00. The fourth-order valence-electron chi connectivity index (χ4n) is 1.73. The summed E-state index contributed by atoms with van der Waals surface area (Å²) in [5, 5.41) is 8.58. The van der Waals surface area contributed by atoms with Crippen molar-refractivity contribution in [2.45, 2.75) is 71.3 Å². The number of hydrogen-bond donors (Lipinski definition) is 1. The summed E-state index contributed by atoms with van der Waals surface area (Å²) in [6.07, 6.45) is 10.9. The van der Waals surface area contributed by atoms with E-state index in [9.17, 15) is 0 Å². The zero-order chi connectivity index (χ0) is 11.4. The summed E-state index contributed by atoms with van der Waals surface area (Å²) in [6.45, 7) is 4.96. The largest absolute Gasteiger partial charge is 0.394 e. The molecule has 0 rings (SSSR count). The summed E-state index contributed by atoms with van der Waals surface area (Å²) in [5.41, 5.74) is 0. The molecule has 0 heterocycles. The van der Waals surface area contributed by atoms with Crippen LogP contribution in [0.5, 0.6) is 0 Å². The predicted octanol–water partition coefficient (Wildman–Crippen LogP) is 3.52. The Balaban J connectivity index is 3.02. The van der Waals surface area contributed by atoms with Gasteiger partial charge in [-0.05, 0) is 13.3 Å². The number of unbranched alkanes of at least 4 members (excludes halogenated alkanes) is 6. The van der Waals surface area contributed by atoms with E-state index in [0.717, 1.165) is 6.42 Å². The van der Waals surface area contributed by atoms with Gasteiger partial charge in [0.25, 0.3) is 0 Å². The van der Waals surface area contributed by atoms with E-state index in [1.54, 1.807) is 0 Å². The van der Waals surface area contributed by atoms with Gasteiger partial charge < -0.3 is 9.84 Å². The smallest absolute Gasteiger partial charge is 0.0701 e. The molecule has 0 aromatic heterocycles. The van der Waals surface area contributed by atoms with Crippen molar-refractivity contribution in [1.82, 2.24) is 0 Å². The van der Waals surface area contributed by atoms with Crippen LogP contribution < -0.4 is 0 Å². The van der Waals surface area contributed by atoms with Crippen LogP contribution >= 0.6 is 0 Å².